The summed E-state index contributed by atoms with van der Waals surface area (Å²) in [6.45, 7) is 0.579. The van der Waals surface area contributed by atoms with Gasteiger partial charge >= 0.3 is 0 Å². The van der Waals surface area contributed by atoms with Crippen LogP contribution in [-0.2, 0) is 9.47 Å². The number of amides is 1. The first-order chi connectivity index (χ1) is 13.6. The molecule has 3 heterocycles. The summed E-state index contributed by atoms with van der Waals surface area (Å²) in [5, 5.41) is 3.87. The molecule has 1 amide bonds. The Morgan fingerprint density at radius 3 is 2.61 bits per heavy atom. The van der Waals surface area contributed by atoms with Crippen LogP contribution in [0.4, 0.5) is 19.4 Å². The van der Waals surface area contributed by atoms with Gasteiger partial charge in [0, 0.05) is 11.3 Å². The smallest absolute Gasteiger partial charge is 0.288 e. The molecule has 0 bridgehead atoms. The fourth-order valence-electron chi connectivity index (χ4n) is 3.48. The number of nitrogens with zero attached hydrogens (tertiary/aromatic N) is 2. The molecule has 0 unspecified atom stereocenters. The molecule has 0 aliphatic carbocycles. The van der Waals surface area contributed by atoms with Gasteiger partial charge in [-0.15, -0.1) is 0 Å². The minimum Gasteiger partial charge on any atom is -0.351 e. The van der Waals surface area contributed by atoms with E-state index in [4.69, 9.17) is 14.0 Å². The lowest BCUT2D eigenvalue weighted by Gasteiger charge is -2.22. The zero-order chi connectivity index (χ0) is 19.3. The Hall–Kier alpha value is -2.49. The van der Waals surface area contributed by atoms with Crippen LogP contribution in [0.1, 0.15) is 23.5 Å². The molecule has 3 aromatic rings. The molecule has 2 aromatic carbocycles. The van der Waals surface area contributed by atoms with Crippen LogP contribution < -0.4 is 4.90 Å². The minimum absolute atomic E-state index is 0.0810. The molecule has 2 saturated heterocycles. The number of ether oxygens (including phenoxy) is 2. The van der Waals surface area contributed by atoms with E-state index in [0.717, 1.165) is 17.3 Å². The Bertz CT molecular complexity index is 1050. The molecule has 2 aliphatic rings. The number of benzene rings is 2. The molecule has 5 rings (SSSR count). The van der Waals surface area contributed by atoms with E-state index in [1.807, 2.05) is 30.3 Å². The van der Waals surface area contributed by atoms with Gasteiger partial charge < -0.3 is 14.0 Å². The quantitative estimate of drug-likeness (QED) is 0.637. The molecule has 1 aromatic heterocycles. The van der Waals surface area contributed by atoms with Crippen molar-refractivity contribution in [3.8, 4) is 0 Å². The van der Waals surface area contributed by atoms with E-state index < -0.39 is 17.9 Å². The molecule has 0 N–H and O–H groups in total. The third-order valence-electron chi connectivity index (χ3n) is 4.82. The molecule has 0 spiro atoms. The van der Waals surface area contributed by atoms with Gasteiger partial charge in [0.2, 0.25) is 11.4 Å². The highest BCUT2D eigenvalue weighted by Gasteiger charge is 2.38. The summed E-state index contributed by atoms with van der Waals surface area (Å²) in [5.41, 5.74) is 0.496. The van der Waals surface area contributed by atoms with Gasteiger partial charge in [0.15, 0.2) is 17.9 Å². The van der Waals surface area contributed by atoms with E-state index in [0.29, 0.717) is 5.75 Å². The topological polar surface area (TPSA) is 64.8 Å². The Balaban J connectivity index is 1.65. The lowest BCUT2D eigenvalue weighted by Crippen LogP contribution is -2.27. The highest BCUT2D eigenvalue weighted by Crippen LogP contribution is 2.43. The van der Waals surface area contributed by atoms with Crippen molar-refractivity contribution in [1.29, 1.82) is 0 Å². The van der Waals surface area contributed by atoms with Crippen LogP contribution >= 0.6 is 11.8 Å². The SMILES string of the molecule is O=C1SC[C@H](c2ccccc2)N1c1noc2c(F)c(F)c(C3OCCO3)cc12. The molecule has 9 heteroatoms. The third kappa shape index (κ3) is 2.69. The summed E-state index contributed by atoms with van der Waals surface area (Å²) in [4.78, 5) is 14.0. The number of hydrogen-bond acceptors (Lipinski definition) is 6. The molecule has 1 atom stereocenters. The summed E-state index contributed by atoms with van der Waals surface area (Å²) in [5.74, 6) is -1.62. The number of halogens is 2. The number of thioether (sulfide) groups is 1. The Morgan fingerprint density at radius 2 is 1.86 bits per heavy atom. The van der Waals surface area contributed by atoms with Gasteiger partial charge in [0.25, 0.3) is 5.24 Å². The van der Waals surface area contributed by atoms with Crippen molar-refractivity contribution in [2.75, 3.05) is 23.9 Å². The Morgan fingerprint density at radius 1 is 1.11 bits per heavy atom. The highest BCUT2D eigenvalue weighted by molar-refractivity contribution is 8.14. The molecule has 0 radical (unpaired) electrons. The monoisotopic (exact) mass is 404 g/mol. The number of rotatable bonds is 3. The predicted molar refractivity (Wildman–Crippen MR) is 98.1 cm³/mol. The lowest BCUT2D eigenvalue weighted by atomic mass is 10.1. The van der Waals surface area contributed by atoms with Gasteiger partial charge in [-0.25, -0.2) is 4.39 Å². The predicted octanol–water partition coefficient (Wildman–Crippen LogP) is 4.57. The van der Waals surface area contributed by atoms with E-state index in [9.17, 15) is 13.6 Å². The van der Waals surface area contributed by atoms with Gasteiger partial charge in [-0.05, 0) is 11.6 Å². The summed E-state index contributed by atoms with van der Waals surface area (Å²) < 4.78 is 44.8. The van der Waals surface area contributed by atoms with Crippen LogP contribution in [-0.4, -0.2) is 29.4 Å². The van der Waals surface area contributed by atoms with Gasteiger partial charge in [-0.3, -0.25) is 9.69 Å². The van der Waals surface area contributed by atoms with Crippen molar-refractivity contribution >= 4 is 33.8 Å². The van der Waals surface area contributed by atoms with Crippen molar-refractivity contribution in [2.45, 2.75) is 12.3 Å². The van der Waals surface area contributed by atoms with E-state index in [-0.39, 0.29) is 46.8 Å². The van der Waals surface area contributed by atoms with Crippen molar-refractivity contribution in [2.24, 2.45) is 0 Å². The second-order valence-corrected chi connectivity index (χ2v) is 7.39. The molecular weight excluding hydrogens is 390 g/mol. The standard InChI is InChI=1S/C19H14F2N2O4S/c20-14-11(18-25-6-7-26-18)8-12-16(15(14)21)27-22-17(12)23-13(9-28-19(23)24)10-4-2-1-3-5-10/h1-5,8,13,18H,6-7,9H2/t13-/m1/s1. The second-order valence-electron chi connectivity index (χ2n) is 6.42. The fourth-order valence-corrected chi connectivity index (χ4v) is 4.48. The normalized spacial score (nSPS) is 20.6. The fraction of sp³-hybridized carbons (Fsp3) is 0.263. The summed E-state index contributed by atoms with van der Waals surface area (Å²) in [6.07, 6.45) is -1.00. The molecule has 2 fully saturated rings. The second kappa shape index (κ2) is 6.84. The van der Waals surface area contributed by atoms with Gasteiger partial charge in [0.05, 0.1) is 24.6 Å². The van der Waals surface area contributed by atoms with Crippen LogP contribution in [0.3, 0.4) is 0 Å². The van der Waals surface area contributed by atoms with Crippen molar-refractivity contribution in [1.82, 2.24) is 5.16 Å². The number of aromatic nitrogens is 1. The maximum atomic E-state index is 14.6. The lowest BCUT2D eigenvalue weighted by molar-refractivity contribution is -0.0467. The number of hydrogen-bond donors (Lipinski definition) is 0. The first-order valence-corrected chi connectivity index (χ1v) is 9.65. The number of anilines is 1. The maximum Gasteiger partial charge on any atom is 0.288 e. The number of carbonyl (C=O) groups excluding carboxylic acids is 1. The van der Waals surface area contributed by atoms with Gasteiger partial charge in [0.1, 0.15) is 0 Å². The summed E-state index contributed by atoms with van der Waals surface area (Å²) in [6, 6.07) is 10.6. The van der Waals surface area contributed by atoms with Crippen molar-refractivity contribution in [3.05, 3.63) is 59.2 Å². The van der Waals surface area contributed by atoms with Gasteiger partial charge in [-0.1, -0.05) is 47.3 Å². The highest BCUT2D eigenvalue weighted by atomic mass is 32.2. The van der Waals surface area contributed by atoms with Crippen LogP contribution in [0.2, 0.25) is 0 Å². The Kier molecular flexibility index (Phi) is 4.30. The molecule has 144 valence electrons. The molecule has 2 aliphatic heterocycles. The van der Waals surface area contributed by atoms with E-state index in [1.54, 1.807) is 0 Å². The summed E-state index contributed by atoms with van der Waals surface area (Å²) >= 11 is 1.14. The van der Waals surface area contributed by atoms with Crippen LogP contribution in [0.25, 0.3) is 11.0 Å². The van der Waals surface area contributed by atoms with E-state index in [1.165, 1.54) is 11.0 Å². The zero-order valence-corrected chi connectivity index (χ0v) is 15.2. The average molecular weight is 404 g/mol. The van der Waals surface area contributed by atoms with Crippen LogP contribution in [0.5, 0.6) is 0 Å². The largest absolute Gasteiger partial charge is 0.351 e. The average Bonchev–Trinajstić information content (AvgIpc) is 3.45. The van der Waals surface area contributed by atoms with Crippen LogP contribution in [0.15, 0.2) is 40.9 Å². The first kappa shape index (κ1) is 17.6. The van der Waals surface area contributed by atoms with Crippen molar-refractivity contribution in [3.63, 3.8) is 0 Å². The number of fused-ring (bicyclic) bond motifs is 1. The zero-order valence-electron chi connectivity index (χ0n) is 14.4. The minimum atomic E-state index is -1.18. The maximum absolute atomic E-state index is 14.6. The number of carbonyl (C=O) groups is 1. The summed E-state index contributed by atoms with van der Waals surface area (Å²) in [7, 11) is 0. The Labute approximate surface area is 162 Å². The van der Waals surface area contributed by atoms with E-state index in [2.05, 4.69) is 5.16 Å². The molecule has 0 saturated carbocycles. The molecular formula is C19H14F2N2O4S. The van der Waals surface area contributed by atoms with Crippen LogP contribution in [0, 0.1) is 11.6 Å². The van der Waals surface area contributed by atoms with E-state index >= 15 is 0 Å². The first-order valence-electron chi connectivity index (χ1n) is 8.66. The molecule has 28 heavy (non-hydrogen) atoms. The van der Waals surface area contributed by atoms with Crippen molar-refractivity contribution < 1.29 is 27.6 Å². The third-order valence-corrected chi connectivity index (χ3v) is 5.74. The van der Waals surface area contributed by atoms with Gasteiger partial charge in [-0.2, -0.15) is 4.39 Å². The molecule has 6 nitrogen and oxygen atoms in total.